The van der Waals surface area contributed by atoms with E-state index in [2.05, 4.69) is 41.7 Å². The van der Waals surface area contributed by atoms with Gasteiger partial charge >= 0.3 is 0 Å². The zero-order valence-corrected chi connectivity index (χ0v) is 17.0. The van der Waals surface area contributed by atoms with Crippen LogP contribution in [-0.2, 0) is 13.2 Å². The molecule has 0 aliphatic rings. The van der Waals surface area contributed by atoms with Gasteiger partial charge in [-0.2, -0.15) is 5.10 Å². The van der Waals surface area contributed by atoms with Gasteiger partial charge in [-0.05, 0) is 47.9 Å². The molecule has 0 atom stereocenters. The van der Waals surface area contributed by atoms with Crippen LogP contribution in [0.25, 0.3) is 0 Å². The van der Waals surface area contributed by atoms with Crippen LogP contribution in [0.15, 0.2) is 71.8 Å². The van der Waals surface area contributed by atoms with Crippen molar-refractivity contribution in [2.45, 2.75) is 20.1 Å². The molecule has 0 saturated heterocycles. The second kappa shape index (κ2) is 10.2. The van der Waals surface area contributed by atoms with Crippen molar-refractivity contribution in [1.29, 1.82) is 0 Å². The smallest absolute Gasteiger partial charge is 0.161 e. The van der Waals surface area contributed by atoms with Gasteiger partial charge in [-0.15, -0.1) is 0 Å². The van der Waals surface area contributed by atoms with Crippen LogP contribution < -0.4 is 19.6 Å². The van der Waals surface area contributed by atoms with Gasteiger partial charge in [0.25, 0.3) is 0 Å². The molecule has 0 unspecified atom stereocenters. The first-order chi connectivity index (χ1) is 14.2. The van der Waals surface area contributed by atoms with Crippen molar-refractivity contribution >= 4 is 6.21 Å². The lowest BCUT2D eigenvalue weighted by Gasteiger charge is -2.09. The highest BCUT2D eigenvalue weighted by Gasteiger charge is 2.04. The summed E-state index contributed by atoms with van der Waals surface area (Å²) >= 11 is 0. The lowest BCUT2D eigenvalue weighted by Crippen LogP contribution is -2.06. The number of rotatable bonds is 9. The Balaban J connectivity index is 1.53. The Labute approximate surface area is 171 Å². The average Bonchev–Trinajstić information content (AvgIpc) is 2.76. The van der Waals surface area contributed by atoms with Crippen molar-refractivity contribution in [2.24, 2.45) is 5.10 Å². The maximum Gasteiger partial charge on any atom is 0.161 e. The van der Waals surface area contributed by atoms with Crippen LogP contribution in [0.2, 0.25) is 0 Å². The van der Waals surface area contributed by atoms with Crippen LogP contribution in [0.5, 0.6) is 17.2 Å². The van der Waals surface area contributed by atoms with Crippen molar-refractivity contribution in [3.63, 3.8) is 0 Å². The van der Waals surface area contributed by atoms with Gasteiger partial charge < -0.3 is 19.6 Å². The number of nitrogens with zero attached hydrogens (tertiary/aromatic N) is 1. The topological polar surface area (TPSA) is 52.1 Å². The lowest BCUT2D eigenvalue weighted by atomic mass is 10.2. The summed E-state index contributed by atoms with van der Waals surface area (Å²) in [5.41, 5.74) is 7.46. The fourth-order valence-corrected chi connectivity index (χ4v) is 2.78. The summed E-state index contributed by atoms with van der Waals surface area (Å²) in [6.45, 7) is 3.20. The molecule has 0 aliphatic heterocycles. The highest BCUT2D eigenvalue weighted by atomic mass is 16.5. The predicted molar refractivity (Wildman–Crippen MR) is 116 cm³/mol. The minimum Gasteiger partial charge on any atom is -0.493 e. The monoisotopic (exact) mass is 390 g/mol. The first-order valence-electron chi connectivity index (χ1n) is 9.43. The normalized spacial score (nSPS) is 10.7. The molecular weight excluding hydrogens is 364 g/mol. The van der Waals surface area contributed by atoms with E-state index in [1.54, 1.807) is 20.4 Å². The Bertz CT molecular complexity index is 953. The van der Waals surface area contributed by atoms with Gasteiger partial charge in [0.15, 0.2) is 11.5 Å². The zero-order chi connectivity index (χ0) is 20.5. The number of aryl methyl sites for hydroxylation is 1. The molecule has 0 heterocycles. The third-order valence-electron chi connectivity index (χ3n) is 4.42. The Morgan fingerprint density at radius 2 is 1.62 bits per heavy atom. The van der Waals surface area contributed by atoms with E-state index in [9.17, 15) is 0 Å². The van der Waals surface area contributed by atoms with E-state index < -0.39 is 0 Å². The third kappa shape index (κ3) is 6.01. The van der Waals surface area contributed by atoms with E-state index in [1.807, 2.05) is 42.5 Å². The maximum absolute atomic E-state index is 5.89. The molecule has 0 bridgehead atoms. The third-order valence-corrected chi connectivity index (χ3v) is 4.42. The van der Waals surface area contributed by atoms with Crippen LogP contribution >= 0.6 is 0 Å². The molecule has 29 heavy (non-hydrogen) atoms. The first kappa shape index (κ1) is 20.3. The summed E-state index contributed by atoms with van der Waals surface area (Å²) in [5, 5.41) is 4.30. The van der Waals surface area contributed by atoms with Gasteiger partial charge in [0, 0.05) is 0 Å². The standard InChI is InChI=1S/C24H26N2O3/c1-18-7-9-19(10-8-18)17-29-22-6-4-5-20(13-22)15-25-26-16-21-11-12-23(27-2)24(14-21)28-3/h4-15,26H,16-17H2,1-3H3/b25-15+. The van der Waals surface area contributed by atoms with Gasteiger partial charge in [-0.3, -0.25) is 0 Å². The van der Waals surface area contributed by atoms with Gasteiger partial charge in [0.1, 0.15) is 12.4 Å². The molecule has 0 aromatic heterocycles. The van der Waals surface area contributed by atoms with E-state index in [-0.39, 0.29) is 0 Å². The molecule has 150 valence electrons. The summed E-state index contributed by atoms with van der Waals surface area (Å²) in [6, 6.07) is 22.0. The number of ether oxygens (including phenoxy) is 3. The maximum atomic E-state index is 5.89. The molecule has 0 amide bonds. The highest BCUT2D eigenvalue weighted by molar-refractivity contribution is 5.79. The number of hydrazone groups is 1. The van der Waals surface area contributed by atoms with Crippen LogP contribution in [0, 0.1) is 6.92 Å². The Hall–Kier alpha value is -3.47. The van der Waals surface area contributed by atoms with Crippen LogP contribution in [-0.4, -0.2) is 20.4 Å². The first-order valence-corrected chi connectivity index (χ1v) is 9.43. The van der Waals surface area contributed by atoms with Gasteiger partial charge in [-0.1, -0.05) is 48.0 Å². The van der Waals surface area contributed by atoms with Crippen LogP contribution in [0.1, 0.15) is 22.3 Å². The van der Waals surface area contributed by atoms with Crippen molar-refractivity contribution in [3.8, 4) is 17.2 Å². The lowest BCUT2D eigenvalue weighted by molar-refractivity contribution is 0.306. The zero-order valence-electron chi connectivity index (χ0n) is 17.0. The predicted octanol–water partition coefficient (Wildman–Crippen LogP) is 4.71. The molecule has 0 saturated carbocycles. The number of methoxy groups -OCH3 is 2. The molecule has 5 nitrogen and oxygen atoms in total. The minimum atomic E-state index is 0.540. The fraction of sp³-hybridized carbons (Fsp3) is 0.208. The van der Waals surface area contributed by atoms with Crippen LogP contribution in [0.4, 0.5) is 0 Å². The van der Waals surface area contributed by atoms with E-state index in [0.29, 0.717) is 24.7 Å². The summed E-state index contributed by atoms with van der Waals surface area (Å²) in [4.78, 5) is 0. The largest absolute Gasteiger partial charge is 0.493 e. The molecule has 0 fully saturated rings. The van der Waals surface area contributed by atoms with E-state index >= 15 is 0 Å². The van der Waals surface area contributed by atoms with Crippen molar-refractivity contribution in [1.82, 2.24) is 5.43 Å². The SMILES string of the molecule is COc1ccc(CN/N=C/c2cccc(OCc3ccc(C)cc3)c2)cc1OC. The molecule has 3 aromatic rings. The molecule has 0 spiro atoms. The minimum absolute atomic E-state index is 0.540. The van der Waals surface area contributed by atoms with Gasteiger partial charge in [0.05, 0.1) is 27.0 Å². The molecule has 0 aliphatic carbocycles. The second-order valence-electron chi connectivity index (χ2n) is 6.63. The summed E-state index contributed by atoms with van der Waals surface area (Å²) in [5.74, 6) is 2.23. The van der Waals surface area contributed by atoms with Crippen LogP contribution in [0.3, 0.4) is 0 Å². The van der Waals surface area contributed by atoms with Crippen molar-refractivity contribution in [3.05, 3.63) is 89.0 Å². The molecule has 0 radical (unpaired) electrons. The number of benzene rings is 3. The van der Waals surface area contributed by atoms with Crippen molar-refractivity contribution < 1.29 is 14.2 Å². The molecule has 5 heteroatoms. The molecule has 3 aromatic carbocycles. The Morgan fingerprint density at radius 3 is 2.38 bits per heavy atom. The highest BCUT2D eigenvalue weighted by Crippen LogP contribution is 2.27. The number of nitrogens with one attached hydrogen (secondary N) is 1. The Kier molecular flexibility index (Phi) is 7.11. The molecular formula is C24H26N2O3. The quantitative estimate of drug-likeness (QED) is 0.424. The summed E-state index contributed by atoms with van der Waals surface area (Å²) in [7, 11) is 3.25. The van der Waals surface area contributed by atoms with Gasteiger partial charge in [-0.25, -0.2) is 0 Å². The summed E-state index contributed by atoms with van der Waals surface area (Å²) in [6.07, 6.45) is 1.78. The van der Waals surface area contributed by atoms with E-state index in [0.717, 1.165) is 22.4 Å². The number of hydrogen-bond acceptors (Lipinski definition) is 5. The van der Waals surface area contributed by atoms with Gasteiger partial charge in [0.2, 0.25) is 0 Å². The Morgan fingerprint density at radius 1 is 0.862 bits per heavy atom. The second-order valence-corrected chi connectivity index (χ2v) is 6.63. The van der Waals surface area contributed by atoms with Crippen molar-refractivity contribution in [2.75, 3.05) is 14.2 Å². The fourth-order valence-electron chi connectivity index (χ4n) is 2.78. The van der Waals surface area contributed by atoms with E-state index in [4.69, 9.17) is 14.2 Å². The molecule has 3 rings (SSSR count). The summed E-state index contributed by atoms with van der Waals surface area (Å²) < 4.78 is 16.5. The molecule has 1 N–H and O–H groups in total. The average molecular weight is 390 g/mol. The number of hydrogen-bond donors (Lipinski definition) is 1. The van der Waals surface area contributed by atoms with E-state index in [1.165, 1.54) is 5.56 Å².